The molecule has 0 fully saturated rings. The van der Waals surface area contributed by atoms with E-state index in [0.717, 1.165) is 22.5 Å². The smallest absolute Gasteiger partial charge is 0.133 e. The van der Waals surface area contributed by atoms with Gasteiger partial charge in [0.15, 0.2) is 0 Å². The number of benzene rings is 5. The molecule has 0 saturated carbocycles. The zero-order valence-electron chi connectivity index (χ0n) is 23.3. The lowest BCUT2D eigenvalue weighted by molar-refractivity contribution is 0.794. The lowest BCUT2D eigenvalue weighted by Crippen LogP contribution is -2.25. The van der Waals surface area contributed by atoms with Crippen LogP contribution in [0.5, 0.6) is 0 Å². The average molecular weight is 548 g/mol. The monoisotopic (exact) mass is 547 g/mol. The van der Waals surface area contributed by atoms with E-state index in [-0.39, 0.29) is 6.04 Å². The first-order chi connectivity index (χ1) is 21.3. The molecule has 1 unspecified atom stereocenters. The first-order valence-corrected chi connectivity index (χ1v) is 14.7. The Labute approximate surface area is 250 Å². The van der Waals surface area contributed by atoms with Crippen molar-refractivity contribution >= 4 is 16.3 Å². The van der Waals surface area contributed by atoms with Crippen LogP contribution in [0.4, 0.5) is 0 Å². The van der Waals surface area contributed by atoms with E-state index in [0.29, 0.717) is 0 Å². The van der Waals surface area contributed by atoms with Gasteiger partial charge in [-0.15, -0.1) is 0 Å². The summed E-state index contributed by atoms with van der Waals surface area (Å²) in [6.45, 7) is 0. The van der Waals surface area contributed by atoms with Gasteiger partial charge in [-0.05, 0) is 91.8 Å². The molecule has 5 aromatic carbocycles. The Morgan fingerprint density at radius 3 is 2.21 bits per heavy atom. The van der Waals surface area contributed by atoms with E-state index in [1.54, 1.807) is 0 Å². The van der Waals surface area contributed by atoms with E-state index >= 15 is 0 Å². The Balaban J connectivity index is 1.33. The fourth-order valence-electron chi connectivity index (χ4n) is 7.59. The van der Waals surface area contributed by atoms with E-state index in [4.69, 9.17) is 4.98 Å². The van der Waals surface area contributed by atoms with Gasteiger partial charge in [0.2, 0.25) is 0 Å². The lowest BCUT2D eigenvalue weighted by atomic mass is 9.70. The van der Waals surface area contributed by atoms with Crippen LogP contribution in [0.3, 0.4) is 0 Å². The number of nitrogens with zero attached hydrogens (tertiary/aromatic N) is 2. The van der Waals surface area contributed by atoms with E-state index in [9.17, 15) is 5.26 Å². The highest BCUT2D eigenvalue weighted by molar-refractivity contribution is 6.06. The molecule has 3 aliphatic rings. The third-order valence-corrected chi connectivity index (χ3v) is 9.34. The number of pyridine rings is 1. The molecule has 2 aliphatic carbocycles. The average Bonchev–Trinajstić information content (AvgIpc) is 3.55. The number of nitriles is 1. The maximum absolute atomic E-state index is 9.45. The van der Waals surface area contributed by atoms with Gasteiger partial charge >= 0.3 is 0 Å². The van der Waals surface area contributed by atoms with Crippen molar-refractivity contribution in [3.63, 3.8) is 0 Å². The summed E-state index contributed by atoms with van der Waals surface area (Å²) in [5, 5.41) is 15.0. The summed E-state index contributed by atoms with van der Waals surface area (Å²) in [6.07, 6.45) is 5.73. The van der Waals surface area contributed by atoms with Gasteiger partial charge in [-0.25, -0.2) is 4.98 Å². The number of aromatic nitrogens is 1. The van der Waals surface area contributed by atoms with Gasteiger partial charge < -0.3 is 5.32 Å². The fourth-order valence-corrected chi connectivity index (χ4v) is 7.59. The van der Waals surface area contributed by atoms with Crippen molar-refractivity contribution in [2.75, 3.05) is 0 Å². The minimum absolute atomic E-state index is 0.360. The first kappa shape index (κ1) is 23.9. The molecule has 200 valence electrons. The highest BCUT2D eigenvalue weighted by Gasteiger charge is 2.52. The van der Waals surface area contributed by atoms with Gasteiger partial charge in [0.1, 0.15) is 6.04 Å². The lowest BCUT2D eigenvalue weighted by Gasteiger charge is -2.30. The molecule has 1 spiro atoms. The van der Waals surface area contributed by atoms with Gasteiger partial charge in [-0.1, -0.05) is 103 Å². The Hall–Kier alpha value is -5.72. The molecule has 3 heteroatoms. The maximum atomic E-state index is 9.45. The zero-order valence-corrected chi connectivity index (χ0v) is 23.3. The molecule has 1 aliphatic heterocycles. The van der Waals surface area contributed by atoms with Gasteiger partial charge in [-0.2, -0.15) is 5.26 Å². The van der Waals surface area contributed by atoms with Crippen LogP contribution >= 0.6 is 0 Å². The topological polar surface area (TPSA) is 48.7 Å². The minimum atomic E-state index is -0.421. The molecule has 43 heavy (non-hydrogen) atoms. The summed E-state index contributed by atoms with van der Waals surface area (Å²) in [7, 11) is 0. The zero-order chi connectivity index (χ0) is 28.5. The summed E-state index contributed by atoms with van der Waals surface area (Å²) in [5.41, 5.74) is 13.9. The third-order valence-electron chi connectivity index (χ3n) is 9.34. The van der Waals surface area contributed by atoms with Gasteiger partial charge in [0.25, 0.3) is 0 Å². The van der Waals surface area contributed by atoms with E-state index in [1.165, 1.54) is 55.3 Å². The van der Waals surface area contributed by atoms with Crippen LogP contribution in [-0.2, 0) is 5.41 Å². The normalized spacial score (nSPS) is 16.5. The summed E-state index contributed by atoms with van der Waals surface area (Å²) in [5.74, 6) is 0. The molecular formula is C40H25N3. The van der Waals surface area contributed by atoms with Crippen molar-refractivity contribution in [3.05, 3.63) is 168 Å². The molecule has 0 saturated heterocycles. The van der Waals surface area contributed by atoms with Crippen LogP contribution in [0.15, 0.2) is 140 Å². The highest BCUT2D eigenvalue weighted by Crippen LogP contribution is 2.64. The number of dihydropyridines is 1. The molecule has 1 atom stereocenters. The number of fused-ring (bicyclic) bond motifs is 12. The van der Waals surface area contributed by atoms with Crippen LogP contribution in [0.2, 0.25) is 0 Å². The largest absolute Gasteiger partial charge is 0.373 e. The molecule has 9 rings (SSSR count). The maximum Gasteiger partial charge on any atom is 0.133 e. The molecule has 2 heterocycles. The molecule has 6 aromatic rings. The number of nitrogens with one attached hydrogen (secondary N) is 1. The molecule has 1 aromatic heterocycles. The standard InChI is InChI=1S/C40H25N3/c41-24-28-22-27(20-21-42-28)38-15-7-14-37(43-38)26-16-18-32-36(23-26)40(35-19-17-25-8-1-2-9-29(25)39(32)35)33-12-5-3-10-30(33)31-11-4-6-13-34(31)40/h1-23,28,42H. The van der Waals surface area contributed by atoms with Gasteiger partial charge in [-0.3, -0.25) is 0 Å². The van der Waals surface area contributed by atoms with Crippen molar-refractivity contribution in [3.8, 4) is 39.6 Å². The molecule has 0 amide bonds. The van der Waals surface area contributed by atoms with Gasteiger partial charge in [0, 0.05) is 11.1 Å². The third kappa shape index (κ3) is 3.21. The highest BCUT2D eigenvalue weighted by atomic mass is 14.9. The second-order valence-corrected chi connectivity index (χ2v) is 11.4. The molecule has 0 radical (unpaired) electrons. The number of rotatable bonds is 2. The summed E-state index contributed by atoms with van der Waals surface area (Å²) >= 11 is 0. The minimum Gasteiger partial charge on any atom is -0.373 e. The number of allylic oxidation sites excluding steroid dienone is 2. The summed E-state index contributed by atoms with van der Waals surface area (Å²) in [4.78, 5) is 5.11. The Bertz CT molecular complexity index is 2200. The van der Waals surface area contributed by atoms with E-state index in [2.05, 4.69) is 127 Å². The predicted octanol–water partition coefficient (Wildman–Crippen LogP) is 8.64. The molecule has 1 N–H and O–H groups in total. The second-order valence-electron chi connectivity index (χ2n) is 11.4. The fraction of sp³-hybridized carbons (Fsp3) is 0.0500. The number of hydrogen-bond donors (Lipinski definition) is 1. The van der Waals surface area contributed by atoms with E-state index < -0.39 is 5.41 Å². The molecule has 3 nitrogen and oxygen atoms in total. The van der Waals surface area contributed by atoms with Crippen molar-refractivity contribution in [2.45, 2.75) is 11.5 Å². The Morgan fingerprint density at radius 2 is 1.40 bits per heavy atom. The predicted molar refractivity (Wildman–Crippen MR) is 173 cm³/mol. The SMILES string of the molecule is N#CC1C=C(c2cccc(-c3ccc4c(c3)C3(c5ccccc5-c5ccccc53)c3ccc5ccccc5c3-4)n2)C=CN1. The second kappa shape index (κ2) is 8.89. The van der Waals surface area contributed by atoms with Crippen molar-refractivity contribution in [2.24, 2.45) is 0 Å². The van der Waals surface area contributed by atoms with E-state index in [1.807, 2.05) is 24.4 Å². The summed E-state index contributed by atoms with van der Waals surface area (Å²) < 4.78 is 0. The van der Waals surface area contributed by atoms with Crippen molar-refractivity contribution < 1.29 is 0 Å². The van der Waals surface area contributed by atoms with Crippen molar-refractivity contribution in [1.29, 1.82) is 5.26 Å². The van der Waals surface area contributed by atoms with Crippen LogP contribution < -0.4 is 5.32 Å². The Kier molecular flexibility index (Phi) is 4.95. The van der Waals surface area contributed by atoms with Crippen LogP contribution in [0.25, 0.3) is 49.9 Å². The van der Waals surface area contributed by atoms with Crippen LogP contribution in [0.1, 0.15) is 27.9 Å². The quantitative estimate of drug-likeness (QED) is 0.236. The van der Waals surface area contributed by atoms with Crippen LogP contribution in [-0.4, -0.2) is 11.0 Å². The van der Waals surface area contributed by atoms with Crippen LogP contribution in [0, 0.1) is 11.3 Å². The van der Waals surface area contributed by atoms with Crippen molar-refractivity contribution in [1.82, 2.24) is 10.3 Å². The Morgan fingerprint density at radius 1 is 0.651 bits per heavy atom. The molecule has 0 bridgehead atoms. The van der Waals surface area contributed by atoms with Gasteiger partial charge in [0.05, 0.1) is 22.9 Å². The number of hydrogen-bond acceptors (Lipinski definition) is 3. The summed E-state index contributed by atoms with van der Waals surface area (Å²) in [6, 6.07) is 46.2. The first-order valence-electron chi connectivity index (χ1n) is 14.7. The molecular weight excluding hydrogens is 522 g/mol.